The van der Waals surface area contributed by atoms with Crippen molar-refractivity contribution >= 4 is 11.8 Å². The van der Waals surface area contributed by atoms with Gasteiger partial charge in [0.25, 0.3) is 0 Å². The molecule has 1 fully saturated rings. The lowest BCUT2D eigenvalue weighted by atomic mass is 9.74. The predicted molar refractivity (Wildman–Crippen MR) is 81.7 cm³/mol. The van der Waals surface area contributed by atoms with Crippen LogP contribution in [-0.2, 0) is 6.42 Å². The Morgan fingerprint density at radius 3 is 2.62 bits per heavy atom. The third-order valence-corrected chi connectivity index (χ3v) is 4.38. The Balaban J connectivity index is 2.11. The van der Waals surface area contributed by atoms with Crippen LogP contribution in [0.2, 0.25) is 0 Å². The molecule has 0 unspecified atom stereocenters. The minimum atomic E-state index is -0.940. The van der Waals surface area contributed by atoms with E-state index in [-0.39, 0.29) is 17.6 Å². The van der Waals surface area contributed by atoms with Gasteiger partial charge in [0, 0.05) is 17.7 Å². The largest absolute Gasteiger partial charge is 0.478 e. The van der Waals surface area contributed by atoms with Crippen molar-refractivity contribution < 1.29 is 15.0 Å². The molecule has 21 heavy (non-hydrogen) atoms. The summed E-state index contributed by atoms with van der Waals surface area (Å²) in [6.45, 7) is 2.76. The molecule has 3 N–H and O–H groups in total. The zero-order valence-corrected chi connectivity index (χ0v) is 12.6. The highest BCUT2D eigenvalue weighted by molar-refractivity contribution is 5.88. The zero-order valence-electron chi connectivity index (χ0n) is 12.6. The van der Waals surface area contributed by atoms with E-state index in [4.69, 9.17) is 5.11 Å². The minimum Gasteiger partial charge on any atom is -0.478 e. The standard InChI is InChI=1S/C16H24N2O3/c1-2-13-8-12(15(20)21)9-14(18-13)17-10-16(11-19)6-4-3-5-7-16/h8-9,19H,2-7,10-11H2,1H3,(H,17,18)(H,20,21). The van der Waals surface area contributed by atoms with Gasteiger partial charge in [0.2, 0.25) is 0 Å². The van der Waals surface area contributed by atoms with Crippen LogP contribution < -0.4 is 5.32 Å². The van der Waals surface area contributed by atoms with Crippen LogP contribution in [0, 0.1) is 5.41 Å². The molecule has 1 aliphatic rings. The van der Waals surface area contributed by atoms with Crippen molar-refractivity contribution in [2.45, 2.75) is 45.4 Å². The van der Waals surface area contributed by atoms with Crippen molar-refractivity contribution in [3.63, 3.8) is 0 Å². The topological polar surface area (TPSA) is 82.5 Å². The molecule has 1 aromatic heterocycles. The highest BCUT2D eigenvalue weighted by atomic mass is 16.4. The molecule has 1 aliphatic carbocycles. The van der Waals surface area contributed by atoms with Crippen molar-refractivity contribution in [1.82, 2.24) is 4.98 Å². The molecular weight excluding hydrogens is 268 g/mol. The van der Waals surface area contributed by atoms with Gasteiger partial charge < -0.3 is 15.5 Å². The Bertz CT molecular complexity index is 496. The summed E-state index contributed by atoms with van der Waals surface area (Å²) in [5.41, 5.74) is 0.927. The van der Waals surface area contributed by atoms with E-state index in [1.54, 1.807) is 12.1 Å². The first kappa shape index (κ1) is 15.8. The van der Waals surface area contributed by atoms with Gasteiger partial charge in [-0.15, -0.1) is 0 Å². The second kappa shape index (κ2) is 6.89. The normalized spacial score (nSPS) is 17.4. The monoisotopic (exact) mass is 292 g/mol. The van der Waals surface area contributed by atoms with Crippen molar-refractivity contribution in [2.24, 2.45) is 5.41 Å². The molecule has 1 saturated carbocycles. The van der Waals surface area contributed by atoms with E-state index >= 15 is 0 Å². The molecule has 0 bridgehead atoms. The van der Waals surface area contributed by atoms with Crippen LogP contribution in [0.3, 0.4) is 0 Å². The van der Waals surface area contributed by atoms with Crippen LogP contribution in [0.5, 0.6) is 0 Å². The Morgan fingerprint density at radius 1 is 1.33 bits per heavy atom. The summed E-state index contributed by atoms with van der Waals surface area (Å²) in [5, 5.41) is 22.1. The van der Waals surface area contributed by atoms with E-state index in [1.165, 1.54) is 6.42 Å². The molecule has 0 aliphatic heterocycles. The van der Waals surface area contributed by atoms with E-state index in [0.29, 0.717) is 18.8 Å². The SMILES string of the molecule is CCc1cc(C(=O)O)cc(NCC2(CO)CCCCC2)n1. The number of aliphatic hydroxyl groups is 1. The summed E-state index contributed by atoms with van der Waals surface area (Å²) < 4.78 is 0. The number of nitrogens with one attached hydrogen (secondary N) is 1. The van der Waals surface area contributed by atoms with Gasteiger partial charge in [-0.1, -0.05) is 26.2 Å². The van der Waals surface area contributed by atoms with Crippen LogP contribution in [0.15, 0.2) is 12.1 Å². The molecule has 5 nitrogen and oxygen atoms in total. The lowest BCUT2D eigenvalue weighted by Gasteiger charge is -2.35. The van der Waals surface area contributed by atoms with Gasteiger partial charge in [-0.05, 0) is 31.4 Å². The number of nitrogens with zero attached hydrogens (tertiary/aromatic N) is 1. The van der Waals surface area contributed by atoms with E-state index < -0.39 is 5.97 Å². The fourth-order valence-electron chi connectivity index (χ4n) is 2.95. The van der Waals surface area contributed by atoms with Crippen LogP contribution >= 0.6 is 0 Å². The van der Waals surface area contributed by atoms with E-state index in [2.05, 4.69) is 10.3 Å². The molecule has 0 amide bonds. The van der Waals surface area contributed by atoms with Gasteiger partial charge in [-0.25, -0.2) is 9.78 Å². The number of aromatic carboxylic acids is 1. The number of aliphatic hydroxyl groups excluding tert-OH is 1. The Hall–Kier alpha value is -1.62. The van der Waals surface area contributed by atoms with E-state index in [1.807, 2.05) is 6.92 Å². The van der Waals surface area contributed by atoms with Gasteiger partial charge in [0.1, 0.15) is 5.82 Å². The number of aromatic nitrogens is 1. The maximum Gasteiger partial charge on any atom is 0.335 e. The second-order valence-corrected chi connectivity index (χ2v) is 5.96. The van der Waals surface area contributed by atoms with Gasteiger partial charge >= 0.3 is 5.97 Å². The fraction of sp³-hybridized carbons (Fsp3) is 0.625. The molecule has 1 heterocycles. The number of rotatable bonds is 6. The molecule has 0 aromatic carbocycles. The summed E-state index contributed by atoms with van der Waals surface area (Å²) in [5.74, 6) is -0.352. The maximum absolute atomic E-state index is 11.2. The Kier molecular flexibility index (Phi) is 5.17. The molecule has 1 aromatic rings. The second-order valence-electron chi connectivity index (χ2n) is 5.96. The molecule has 0 saturated heterocycles. The van der Waals surface area contributed by atoms with E-state index in [9.17, 15) is 9.90 Å². The maximum atomic E-state index is 11.2. The Morgan fingerprint density at radius 2 is 2.05 bits per heavy atom. The first-order chi connectivity index (χ1) is 10.1. The summed E-state index contributed by atoms with van der Waals surface area (Å²) in [4.78, 5) is 15.6. The third kappa shape index (κ3) is 3.94. The molecule has 0 atom stereocenters. The first-order valence-corrected chi connectivity index (χ1v) is 7.67. The number of carbonyl (C=O) groups is 1. The van der Waals surface area contributed by atoms with Crippen molar-refractivity contribution in [3.05, 3.63) is 23.4 Å². The van der Waals surface area contributed by atoms with Crippen LogP contribution in [0.1, 0.15) is 55.1 Å². The summed E-state index contributed by atoms with van der Waals surface area (Å²) >= 11 is 0. The number of aryl methyl sites for hydroxylation is 1. The van der Waals surface area contributed by atoms with Crippen LogP contribution in [0.4, 0.5) is 5.82 Å². The molecular formula is C16H24N2O3. The summed E-state index contributed by atoms with van der Waals surface area (Å²) in [7, 11) is 0. The minimum absolute atomic E-state index is 0.0917. The molecule has 2 rings (SSSR count). The van der Waals surface area contributed by atoms with Crippen molar-refractivity contribution in [1.29, 1.82) is 0 Å². The van der Waals surface area contributed by atoms with Crippen LogP contribution in [0.25, 0.3) is 0 Å². The number of hydrogen-bond donors (Lipinski definition) is 3. The number of anilines is 1. The van der Waals surface area contributed by atoms with Crippen molar-refractivity contribution in [3.8, 4) is 0 Å². The van der Waals surface area contributed by atoms with Gasteiger partial charge in [-0.3, -0.25) is 0 Å². The average molecular weight is 292 g/mol. The molecule has 0 radical (unpaired) electrons. The third-order valence-electron chi connectivity index (χ3n) is 4.38. The zero-order chi connectivity index (χ0) is 15.3. The van der Waals surface area contributed by atoms with E-state index in [0.717, 1.165) is 31.4 Å². The quantitative estimate of drug-likeness (QED) is 0.751. The number of hydrogen-bond acceptors (Lipinski definition) is 4. The average Bonchev–Trinajstić information content (AvgIpc) is 2.53. The molecule has 0 spiro atoms. The number of pyridine rings is 1. The highest BCUT2D eigenvalue weighted by Gasteiger charge is 2.31. The molecule has 5 heteroatoms. The molecule has 116 valence electrons. The Labute approximate surface area is 125 Å². The summed E-state index contributed by atoms with van der Waals surface area (Å²) in [6, 6.07) is 3.17. The fourth-order valence-corrected chi connectivity index (χ4v) is 2.95. The van der Waals surface area contributed by atoms with Crippen molar-refractivity contribution in [2.75, 3.05) is 18.5 Å². The van der Waals surface area contributed by atoms with Gasteiger partial charge in [-0.2, -0.15) is 0 Å². The number of carboxylic acids is 1. The van der Waals surface area contributed by atoms with Crippen LogP contribution in [-0.4, -0.2) is 34.3 Å². The van der Waals surface area contributed by atoms with Gasteiger partial charge in [0.15, 0.2) is 0 Å². The highest BCUT2D eigenvalue weighted by Crippen LogP contribution is 2.35. The smallest absolute Gasteiger partial charge is 0.335 e. The lowest BCUT2D eigenvalue weighted by molar-refractivity contribution is 0.0696. The first-order valence-electron chi connectivity index (χ1n) is 7.67. The number of carboxylic acid groups (broad SMARTS) is 1. The predicted octanol–water partition coefficient (Wildman–Crippen LogP) is 2.70. The lowest BCUT2D eigenvalue weighted by Crippen LogP contribution is -2.35. The van der Waals surface area contributed by atoms with Gasteiger partial charge in [0.05, 0.1) is 12.2 Å². The summed E-state index contributed by atoms with van der Waals surface area (Å²) in [6.07, 6.45) is 6.23.